The third kappa shape index (κ3) is 11.0. The van der Waals surface area contributed by atoms with Crippen molar-refractivity contribution in [2.45, 2.75) is 33.4 Å². The minimum absolute atomic E-state index is 0. The number of hydrogen-bond acceptors (Lipinski definition) is 14. The number of rotatable bonds is 9. The number of aromatic nitrogens is 10. The Morgan fingerprint density at radius 3 is 1.58 bits per heavy atom. The van der Waals surface area contributed by atoms with Gasteiger partial charge < -0.3 is 32.7 Å². The number of carboxylic acid groups (broad SMARTS) is 1. The van der Waals surface area contributed by atoms with E-state index >= 15 is 0 Å². The number of benzene rings is 2. The fraction of sp³-hybridized carbons (Fsp3) is 0.128. The van der Waals surface area contributed by atoms with Crippen molar-refractivity contribution in [3.05, 3.63) is 136 Å². The third-order valence-electron chi connectivity index (χ3n) is 8.75. The van der Waals surface area contributed by atoms with Crippen LogP contribution in [0.25, 0.3) is 38.7 Å². The quantitative estimate of drug-likeness (QED) is 0.0929. The zero-order valence-electron chi connectivity index (χ0n) is 32.5. The van der Waals surface area contributed by atoms with Gasteiger partial charge in [0.1, 0.15) is 41.5 Å². The molecule has 0 unspecified atom stereocenters. The Balaban J connectivity index is 0.000000395. The molecule has 8 rings (SSSR count). The first kappa shape index (κ1) is 52.4. The fourth-order valence-corrected chi connectivity index (χ4v) is 6.34. The number of imidazole rings is 2. The number of nitrogens with zero attached hydrogens (tertiary/aromatic N) is 11. The van der Waals surface area contributed by atoms with E-state index in [1.54, 1.807) is 15.2 Å². The Kier molecular flexibility index (Phi) is 19.3. The molecule has 0 fully saturated rings. The molecule has 0 aliphatic carbocycles. The first-order chi connectivity index (χ1) is 27.5. The summed E-state index contributed by atoms with van der Waals surface area (Å²) in [6, 6.07) is 22.5. The molecule has 6 aromatic heterocycles. The van der Waals surface area contributed by atoms with Crippen LogP contribution in [0.15, 0.2) is 97.8 Å². The van der Waals surface area contributed by atoms with E-state index in [-0.39, 0.29) is 110 Å². The molecule has 18 nitrogen and oxygen atoms in total. The maximum atomic E-state index is 11.6. The maximum Gasteiger partial charge on any atom is 1.00 e. The molecule has 0 aliphatic heterocycles. The number of nitrogens with two attached hydrogens (primary N) is 2. The number of fused-ring (bicyclic) bond motifs is 2. The van der Waals surface area contributed by atoms with Gasteiger partial charge in [0.05, 0.1) is 42.4 Å². The molecule has 0 radical (unpaired) electrons. The normalized spacial score (nSPS) is 11.0. The second kappa shape index (κ2) is 22.9. The standard InChI is InChI=1S/C19H15ClN8.C19H16ClN7O2.CH4.Na.H2O.2H2S/c1-11(26-19-17(22-2)18(21)24-10-25-19)13-8-15-23-9-14(20)28(15)27-16(13)12-6-4-3-5-7-12;1-10(25-18-15(19(28)29)17(21)23-9-24-18)12-7-14-22-8-13(20)27(14)26-16(12)11-5-3-2-4-6-11;;;;;/h3-11H,1H3,(H3,21,24,25,26);2-10H,1H3,(H,28,29)(H3,21,23,24,25);1H4;;3*1H2/q;;;+1;;;/p-1/t11-;10-;;;;;/m00...../s1. The number of hydrogen-bond donors (Lipinski definition) is 5. The summed E-state index contributed by atoms with van der Waals surface area (Å²) in [6.45, 7) is 11.2. The van der Waals surface area contributed by atoms with Crippen molar-refractivity contribution in [1.29, 1.82) is 0 Å². The van der Waals surface area contributed by atoms with Crippen molar-refractivity contribution < 1.29 is 44.9 Å². The SMILES string of the molecule is C.C[C@H](Nc1ncnc(N)c1C(=O)O)c1cc2ncc(Cl)n2nc1-c1ccccc1.S.S.[C-]#[N+]c1c(N)ncnc1N[C@@H](C)c1cc2ncc(Cl)n2nc1-c1ccccc1.[Na+].[OH-]. The number of carboxylic acids is 1. The zero-order valence-corrected chi connectivity index (χ0v) is 38.0. The second-order valence-electron chi connectivity index (χ2n) is 12.4. The summed E-state index contributed by atoms with van der Waals surface area (Å²) in [4.78, 5) is 39.4. The van der Waals surface area contributed by atoms with Crippen LogP contribution in [0.1, 0.15) is 54.8 Å². The van der Waals surface area contributed by atoms with Gasteiger partial charge in [-0.3, -0.25) is 0 Å². The molecule has 0 aliphatic rings. The molecule has 6 heterocycles. The maximum absolute atomic E-state index is 11.6. The van der Waals surface area contributed by atoms with Crippen LogP contribution < -0.4 is 51.7 Å². The van der Waals surface area contributed by atoms with E-state index in [1.807, 2.05) is 86.6 Å². The van der Waals surface area contributed by atoms with Gasteiger partial charge in [0.15, 0.2) is 21.6 Å². The summed E-state index contributed by atoms with van der Waals surface area (Å²) in [6.07, 6.45) is 5.62. The Hall–Kier alpha value is -5.76. The van der Waals surface area contributed by atoms with E-state index in [0.29, 0.717) is 33.1 Å². The Labute approximate surface area is 401 Å². The van der Waals surface area contributed by atoms with Crippen LogP contribution in [0.4, 0.5) is 29.0 Å². The van der Waals surface area contributed by atoms with Crippen LogP contribution >= 0.6 is 50.2 Å². The van der Waals surface area contributed by atoms with Crippen LogP contribution in [0.3, 0.4) is 0 Å². The van der Waals surface area contributed by atoms with E-state index in [0.717, 1.165) is 27.9 Å². The van der Waals surface area contributed by atoms with Crippen molar-refractivity contribution in [1.82, 2.24) is 49.1 Å². The van der Waals surface area contributed by atoms with Gasteiger partial charge in [-0.2, -0.15) is 37.2 Å². The van der Waals surface area contributed by atoms with Crippen LogP contribution in [0.2, 0.25) is 10.3 Å². The minimum atomic E-state index is -1.21. The largest absolute Gasteiger partial charge is 1.00 e. The monoisotopic (exact) mass is 923 g/mol. The summed E-state index contributed by atoms with van der Waals surface area (Å²) < 4.78 is 3.14. The molecular formula is C39H40Cl2N15NaO3S2. The fourth-order valence-electron chi connectivity index (χ4n) is 6.00. The van der Waals surface area contributed by atoms with Crippen LogP contribution in [0.5, 0.6) is 0 Å². The number of carbonyl (C=O) groups is 1. The number of halogens is 2. The molecule has 8 aromatic rings. The van der Waals surface area contributed by atoms with Gasteiger partial charge in [-0.25, -0.2) is 48.6 Å². The smallest absolute Gasteiger partial charge is 0.870 e. The Morgan fingerprint density at radius 2 is 1.15 bits per heavy atom. The molecule has 2 atom stereocenters. The molecular weight excluding hydrogens is 885 g/mol. The van der Waals surface area contributed by atoms with Gasteiger partial charge in [-0.1, -0.05) is 91.3 Å². The van der Waals surface area contributed by atoms with Gasteiger partial charge in [0.2, 0.25) is 0 Å². The second-order valence-corrected chi connectivity index (χ2v) is 13.2. The van der Waals surface area contributed by atoms with Gasteiger partial charge in [0.25, 0.3) is 5.69 Å². The van der Waals surface area contributed by atoms with E-state index in [2.05, 4.69) is 50.5 Å². The van der Waals surface area contributed by atoms with Crippen molar-refractivity contribution >= 4 is 96.4 Å². The molecule has 0 spiro atoms. The van der Waals surface area contributed by atoms with Gasteiger partial charge >= 0.3 is 35.5 Å². The summed E-state index contributed by atoms with van der Waals surface area (Å²) in [5.41, 5.74) is 17.6. The van der Waals surface area contributed by atoms with Crippen molar-refractivity contribution in [3.8, 4) is 22.5 Å². The minimum Gasteiger partial charge on any atom is -0.870 e. The third-order valence-corrected chi connectivity index (χ3v) is 9.26. The number of nitrogens with one attached hydrogen (secondary N) is 2. The van der Waals surface area contributed by atoms with E-state index in [1.165, 1.54) is 18.9 Å². The molecule has 2 aromatic carbocycles. The summed E-state index contributed by atoms with van der Waals surface area (Å²) >= 11 is 12.4. The Bertz CT molecular complexity index is 2820. The molecule has 0 saturated heterocycles. The molecule has 8 N–H and O–H groups in total. The summed E-state index contributed by atoms with van der Waals surface area (Å²) in [7, 11) is 0. The zero-order chi connectivity index (χ0) is 40.2. The predicted molar refractivity (Wildman–Crippen MR) is 246 cm³/mol. The number of nitrogen functional groups attached to an aromatic ring is 2. The van der Waals surface area contributed by atoms with E-state index in [4.69, 9.17) is 46.3 Å². The molecule has 23 heteroatoms. The van der Waals surface area contributed by atoms with Gasteiger partial charge in [-0.05, 0) is 26.0 Å². The molecule has 0 saturated carbocycles. The summed E-state index contributed by atoms with van der Waals surface area (Å²) in [5, 5.41) is 26.0. The molecule has 316 valence electrons. The first-order valence-corrected chi connectivity index (χ1v) is 17.8. The molecule has 0 amide bonds. The van der Waals surface area contributed by atoms with Crippen LogP contribution in [0, 0.1) is 6.57 Å². The summed E-state index contributed by atoms with van der Waals surface area (Å²) in [5.74, 6) is -0.696. The molecule has 0 bridgehead atoms. The first-order valence-electron chi connectivity index (χ1n) is 17.1. The predicted octanol–water partition coefficient (Wildman–Crippen LogP) is 5.13. The number of aromatic carboxylic acids is 1. The van der Waals surface area contributed by atoms with Crippen LogP contribution in [-0.4, -0.2) is 65.7 Å². The average Bonchev–Trinajstić information content (AvgIpc) is 3.77. The van der Waals surface area contributed by atoms with Gasteiger partial charge in [-0.15, -0.1) is 0 Å². The topological polar surface area (TPSA) is 260 Å². The van der Waals surface area contributed by atoms with Crippen LogP contribution in [-0.2, 0) is 0 Å². The Morgan fingerprint density at radius 1 is 0.726 bits per heavy atom. The number of anilines is 4. The van der Waals surface area contributed by atoms with Crippen molar-refractivity contribution in [2.75, 3.05) is 22.1 Å². The van der Waals surface area contributed by atoms with Crippen molar-refractivity contribution in [2.24, 2.45) is 0 Å². The average molecular weight is 925 g/mol. The van der Waals surface area contributed by atoms with Crippen molar-refractivity contribution in [3.63, 3.8) is 0 Å². The van der Waals surface area contributed by atoms with E-state index in [9.17, 15) is 9.90 Å². The van der Waals surface area contributed by atoms with Gasteiger partial charge in [0, 0.05) is 22.3 Å². The molecule has 62 heavy (non-hydrogen) atoms. The van der Waals surface area contributed by atoms with E-state index < -0.39 is 5.97 Å².